The first-order valence-corrected chi connectivity index (χ1v) is 8.23. The number of nitrogens with zero attached hydrogens (tertiary/aromatic N) is 4. The van der Waals surface area contributed by atoms with E-state index in [0.717, 1.165) is 19.3 Å². The zero-order valence-electron chi connectivity index (χ0n) is 12.7. The largest absolute Gasteiger partial charge is 0.369 e. The number of nitro benzene ring substituents is 1. The summed E-state index contributed by atoms with van der Waals surface area (Å²) in [6, 6.07) is 2.49. The number of aliphatic imine (C=N–C) groups is 2. The Morgan fingerprint density at radius 3 is 2.29 bits per heavy atom. The lowest BCUT2D eigenvalue weighted by Gasteiger charge is -2.46. The maximum Gasteiger partial charge on any atom is 0.272 e. The van der Waals surface area contributed by atoms with Crippen molar-refractivity contribution in [2.75, 3.05) is 4.90 Å². The van der Waals surface area contributed by atoms with Crippen LogP contribution in [0.1, 0.15) is 32.1 Å². The fraction of sp³-hybridized carbons (Fsp3) is 0.429. The van der Waals surface area contributed by atoms with Crippen LogP contribution in [0.5, 0.6) is 0 Å². The summed E-state index contributed by atoms with van der Waals surface area (Å²) in [7, 11) is 0. The van der Waals surface area contributed by atoms with Gasteiger partial charge in [0.05, 0.1) is 20.7 Å². The molecule has 0 atom stereocenters. The Morgan fingerprint density at radius 1 is 1.17 bits per heavy atom. The third kappa shape index (κ3) is 2.76. The number of benzene rings is 1. The Labute approximate surface area is 148 Å². The van der Waals surface area contributed by atoms with Crippen LogP contribution in [0.25, 0.3) is 0 Å². The molecule has 24 heavy (non-hydrogen) atoms. The van der Waals surface area contributed by atoms with E-state index < -0.39 is 10.6 Å². The predicted molar refractivity (Wildman–Crippen MR) is 94.7 cm³/mol. The van der Waals surface area contributed by atoms with Crippen LogP contribution in [-0.2, 0) is 0 Å². The number of nitro groups is 1. The second-order valence-electron chi connectivity index (χ2n) is 5.83. The summed E-state index contributed by atoms with van der Waals surface area (Å²) in [4.78, 5) is 20.6. The Bertz CT molecular complexity index is 735. The van der Waals surface area contributed by atoms with Gasteiger partial charge in [-0.1, -0.05) is 29.6 Å². The number of nitrogens with two attached hydrogens (primary N) is 2. The predicted octanol–water partition coefficient (Wildman–Crippen LogP) is 3.01. The van der Waals surface area contributed by atoms with E-state index >= 15 is 0 Å². The number of non-ortho nitro benzene ring substituents is 1. The van der Waals surface area contributed by atoms with Crippen molar-refractivity contribution in [2.45, 2.75) is 37.8 Å². The van der Waals surface area contributed by atoms with E-state index in [1.54, 1.807) is 4.90 Å². The van der Waals surface area contributed by atoms with Crippen LogP contribution < -0.4 is 16.4 Å². The van der Waals surface area contributed by atoms with Crippen molar-refractivity contribution in [3.05, 3.63) is 32.3 Å². The van der Waals surface area contributed by atoms with Crippen LogP contribution in [0.2, 0.25) is 10.0 Å². The SMILES string of the molecule is NC1=NC2(CCCCC2)N(c2c(Cl)cc([N+](=O)[O-])cc2Cl)C(N)=N1. The average molecular weight is 371 g/mol. The second-order valence-corrected chi connectivity index (χ2v) is 6.65. The van der Waals surface area contributed by atoms with E-state index in [0.29, 0.717) is 18.5 Å². The third-order valence-corrected chi connectivity index (χ3v) is 4.86. The molecule has 0 saturated heterocycles. The van der Waals surface area contributed by atoms with Crippen molar-refractivity contribution < 1.29 is 4.92 Å². The minimum absolute atomic E-state index is 0.111. The highest BCUT2D eigenvalue weighted by molar-refractivity contribution is 6.40. The Morgan fingerprint density at radius 2 is 1.75 bits per heavy atom. The van der Waals surface area contributed by atoms with Gasteiger partial charge in [-0.2, -0.15) is 4.99 Å². The van der Waals surface area contributed by atoms with E-state index in [1.165, 1.54) is 12.1 Å². The van der Waals surface area contributed by atoms with Crippen molar-refractivity contribution in [1.82, 2.24) is 0 Å². The summed E-state index contributed by atoms with van der Waals surface area (Å²) in [6.07, 6.45) is 4.41. The summed E-state index contributed by atoms with van der Waals surface area (Å²) in [5.74, 6) is 0.238. The maximum absolute atomic E-state index is 11.0. The molecule has 1 aromatic carbocycles. The van der Waals surface area contributed by atoms with Gasteiger partial charge in [0.2, 0.25) is 11.9 Å². The molecule has 8 nitrogen and oxygen atoms in total. The van der Waals surface area contributed by atoms with E-state index in [-0.39, 0.29) is 27.7 Å². The molecule has 0 radical (unpaired) electrons. The molecule has 2 aliphatic rings. The Balaban J connectivity index is 2.16. The average Bonchev–Trinajstić information content (AvgIpc) is 2.49. The Kier molecular flexibility index (Phi) is 4.27. The molecule has 10 heteroatoms. The fourth-order valence-corrected chi connectivity index (χ4v) is 3.96. The molecule has 0 bridgehead atoms. The molecule has 1 fully saturated rings. The van der Waals surface area contributed by atoms with E-state index in [9.17, 15) is 10.1 Å². The molecule has 0 aromatic heterocycles. The van der Waals surface area contributed by atoms with Gasteiger partial charge in [0, 0.05) is 12.1 Å². The first-order valence-electron chi connectivity index (χ1n) is 7.47. The van der Waals surface area contributed by atoms with Crippen molar-refractivity contribution in [2.24, 2.45) is 21.5 Å². The van der Waals surface area contributed by atoms with E-state index in [2.05, 4.69) is 9.98 Å². The molecule has 1 heterocycles. The molecule has 1 aromatic rings. The number of anilines is 1. The number of halogens is 2. The van der Waals surface area contributed by atoms with Gasteiger partial charge < -0.3 is 11.5 Å². The highest BCUT2D eigenvalue weighted by Crippen LogP contribution is 2.45. The normalized spacial score (nSPS) is 19.8. The zero-order valence-corrected chi connectivity index (χ0v) is 14.2. The van der Waals surface area contributed by atoms with Crippen molar-refractivity contribution >= 4 is 46.5 Å². The molecule has 1 spiro atoms. The minimum Gasteiger partial charge on any atom is -0.369 e. The van der Waals surface area contributed by atoms with E-state index in [4.69, 9.17) is 34.7 Å². The van der Waals surface area contributed by atoms with Gasteiger partial charge >= 0.3 is 0 Å². The van der Waals surface area contributed by atoms with Gasteiger partial charge in [0.25, 0.3) is 5.69 Å². The van der Waals surface area contributed by atoms with Crippen molar-refractivity contribution in [3.63, 3.8) is 0 Å². The molecule has 128 valence electrons. The van der Waals surface area contributed by atoms with Gasteiger partial charge in [-0.3, -0.25) is 15.0 Å². The molecule has 0 amide bonds. The smallest absolute Gasteiger partial charge is 0.272 e. The van der Waals surface area contributed by atoms with Crippen LogP contribution in [0.4, 0.5) is 11.4 Å². The maximum atomic E-state index is 11.0. The van der Waals surface area contributed by atoms with E-state index in [1.807, 2.05) is 0 Å². The molecule has 0 unspecified atom stereocenters. The quantitative estimate of drug-likeness (QED) is 0.611. The summed E-state index contributed by atoms with van der Waals surface area (Å²) in [5, 5.41) is 11.2. The lowest BCUT2D eigenvalue weighted by molar-refractivity contribution is -0.384. The summed E-state index contributed by atoms with van der Waals surface area (Å²) in [5.41, 5.74) is 11.4. The first kappa shape index (κ1) is 16.8. The monoisotopic (exact) mass is 370 g/mol. The van der Waals surface area contributed by atoms with Gasteiger partial charge in [-0.05, 0) is 25.7 Å². The molecule has 1 aliphatic heterocycles. The first-order chi connectivity index (χ1) is 11.3. The van der Waals surface area contributed by atoms with Crippen molar-refractivity contribution in [3.8, 4) is 0 Å². The fourth-order valence-electron chi connectivity index (χ4n) is 3.32. The second kappa shape index (κ2) is 6.10. The number of guanidine groups is 2. The van der Waals surface area contributed by atoms with Gasteiger partial charge in [0.15, 0.2) is 0 Å². The Hall–Kier alpha value is -2.06. The summed E-state index contributed by atoms with van der Waals surface area (Å²) < 4.78 is 0. The summed E-state index contributed by atoms with van der Waals surface area (Å²) in [6.45, 7) is 0. The molecular weight excluding hydrogens is 355 g/mol. The lowest BCUT2D eigenvalue weighted by atomic mass is 9.87. The molecule has 4 N–H and O–H groups in total. The number of hydrogen-bond donors (Lipinski definition) is 2. The van der Waals surface area contributed by atoms with Crippen LogP contribution in [0.15, 0.2) is 22.1 Å². The standard InChI is InChI=1S/C14H16Cl2N6O2/c15-9-6-8(22(23)24)7-10(16)11(9)21-13(18)19-12(17)20-14(21)4-2-1-3-5-14/h6-7H,1-5H2,(H4,17,18,19,20). The highest BCUT2D eigenvalue weighted by atomic mass is 35.5. The van der Waals surface area contributed by atoms with Gasteiger partial charge in [-0.25, -0.2) is 4.99 Å². The van der Waals surface area contributed by atoms with Crippen LogP contribution >= 0.6 is 23.2 Å². The van der Waals surface area contributed by atoms with Crippen LogP contribution in [0.3, 0.4) is 0 Å². The molecular formula is C14H16Cl2N6O2. The van der Waals surface area contributed by atoms with Crippen molar-refractivity contribution in [1.29, 1.82) is 0 Å². The summed E-state index contributed by atoms with van der Waals surface area (Å²) >= 11 is 12.6. The van der Waals surface area contributed by atoms with Crippen LogP contribution in [0, 0.1) is 10.1 Å². The molecule has 1 saturated carbocycles. The van der Waals surface area contributed by atoms with Gasteiger partial charge in [0.1, 0.15) is 5.66 Å². The number of hydrogen-bond acceptors (Lipinski definition) is 7. The minimum atomic E-state index is -0.711. The third-order valence-electron chi connectivity index (χ3n) is 4.29. The van der Waals surface area contributed by atoms with Crippen LogP contribution in [-0.4, -0.2) is 22.5 Å². The molecule has 1 aliphatic carbocycles. The zero-order chi connectivity index (χ0) is 17.5. The lowest BCUT2D eigenvalue weighted by Crippen LogP contribution is -2.58. The highest BCUT2D eigenvalue weighted by Gasteiger charge is 2.44. The number of rotatable bonds is 2. The van der Waals surface area contributed by atoms with Gasteiger partial charge in [-0.15, -0.1) is 0 Å². The topological polar surface area (TPSA) is 123 Å². The molecule has 3 rings (SSSR count).